The lowest BCUT2D eigenvalue weighted by Gasteiger charge is -1.96. The fourth-order valence-corrected chi connectivity index (χ4v) is 0.925. The van der Waals surface area contributed by atoms with Crippen LogP contribution in [0.15, 0.2) is 6.07 Å². The van der Waals surface area contributed by atoms with Gasteiger partial charge in [0.05, 0.1) is 0 Å². The van der Waals surface area contributed by atoms with Crippen LogP contribution in [0.5, 0.6) is 0 Å². The summed E-state index contributed by atoms with van der Waals surface area (Å²) in [5.41, 5.74) is 7.51. The van der Waals surface area contributed by atoms with Gasteiger partial charge in [0.2, 0.25) is 0 Å². The number of carbonyl (C=O) groups is 1. The maximum absolute atomic E-state index is 12.2. The van der Waals surface area contributed by atoms with Gasteiger partial charge in [-0.3, -0.25) is 9.48 Å². The van der Waals surface area contributed by atoms with Gasteiger partial charge in [-0.2, -0.15) is 9.89 Å². The summed E-state index contributed by atoms with van der Waals surface area (Å²) in [5, 5.41) is 3.54. The molecule has 0 atom stereocenters. The number of halogens is 2. The second-order valence-electron chi connectivity index (χ2n) is 2.49. The third-order valence-corrected chi connectivity index (χ3v) is 1.57. The van der Waals surface area contributed by atoms with Crippen LogP contribution in [0.4, 0.5) is 8.78 Å². The number of hydrogen-bond acceptors (Lipinski definition) is 2. The van der Waals surface area contributed by atoms with Gasteiger partial charge in [0.25, 0.3) is 12.2 Å². The minimum absolute atomic E-state index is 0.180. The van der Waals surface area contributed by atoms with Gasteiger partial charge in [-0.25, -0.2) is 8.78 Å². The van der Waals surface area contributed by atoms with E-state index in [4.69, 9.17) is 5.53 Å². The molecule has 74 valence electrons. The molecule has 0 bridgehead atoms. The number of carbonyl (C=O) groups excluding carboxylic acids is 1. The Labute approximate surface area is 77.6 Å². The standard InChI is InChI=1S/C7H6F2N4O/c1-13-5(7(8)9)2-4(12-13)6(14)3-11-10/h2-3,7H,1H3. The van der Waals surface area contributed by atoms with Crippen molar-refractivity contribution in [3.05, 3.63) is 23.0 Å². The Morgan fingerprint density at radius 1 is 1.79 bits per heavy atom. The molecule has 0 saturated carbocycles. The highest BCUT2D eigenvalue weighted by molar-refractivity contribution is 6.32. The summed E-state index contributed by atoms with van der Waals surface area (Å²) in [7, 11) is 1.30. The van der Waals surface area contributed by atoms with Crippen LogP contribution >= 0.6 is 0 Å². The molecule has 0 aromatic carbocycles. The summed E-state index contributed by atoms with van der Waals surface area (Å²) >= 11 is 0. The van der Waals surface area contributed by atoms with Crippen LogP contribution in [0, 0.1) is 0 Å². The smallest absolute Gasteiger partial charge is 0.329 e. The fourth-order valence-electron chi connectivity index (χ4n) is 0.925. The van der Waals surface area contributed by atoms with E-state index >= 15 is 0 Å². The van der Waals surface area contributed by atoms with Gasteiger partial charge in [0.1, 0.15) is 11.4 Å². The SMILES string of the molecule is Cn1nc(C(=O)C=[N+]=[N-])cc1C(F)F. The highest BCUT2D eigenvalue weighted by Gasteiger charge is 2.18. The maximum Gasteiger partial charge on any atom is 0.329 e. The van der Waals surface area contributed by atoms with Crippen LogP contribution in [-0.2, 0) is 7.05 Å². The van der Waals surface area contributed by atoms with E-state index in [1.807, 2.05) is 0 Å². The summed E-state index contributed by atoms with van der Waals surface area (Å²) in [6.45, 7) is 0. The molecule has 5 nitrogen and oxygen atoms in total. The van der Waals surface area contributed by atoms with E-state index in [0.29, 0.717) is 6.21 Å². The van der Waals surface area contributed by atoms with E-state index in [0.717, 1.165) is 10.7 Å². The topological polar surface area (TPSA) is 71.3 Å². The largest absolute Gasteiger partial charge is 0.361 e. The lowest BCUT2D eigenvalue weighted by molar-refractivity contribution is 0.00229. The monoisotopic (exact) mass is 200 g/mol. The summed E-state index contributed by atoms with van der Waals surface area (Å²) in [6.07, 6.45) is -2.10. The van der Waals surface area contributed by atoms with Gasteiger partial charge in [-0.15, -0.1) is 0 Å². The van der Waals surface area contributed by atoms with Crippen molar-refractivity contribution < 1.29 is 18.4 Å². The van der Waals surface area contributed by atoms with Gasteiger partial charge in [0, 0.05) is 7.05 Å². The van der Waals surface area contributed by atoms with Crippen LogP contribution in [0.25, 0.3) is 5.53 Å². The Morgan fingerprint density at radius 2 is 2.43 bits per heavy atom. The van der Waals surface area contributed by atoms with Crippen molar-refractivity contribution in [3.8, 4) is 0 Å². The lowest BCUT2D eigenvalue weighted by atomic mass is 10.3. The predicted octanol–water partition coefficient (Wildman–Crippen LogP) is 0.841. The van der Waals surface area contributed by atoms with Crippen molar-refractivity contribution in [1.82, 2.24) is 9.78 Å². The number of aryl methyl sites for hydroxylation is 1. The molecule has 0 spiro atoms. The summed E-state index contributed by atoms with van der Waals surface area (Å²) in [6, 6.07) is 0.953. The Hall–Kier alpha value is -1.88. The molecule has 0 amide bonds. The summed E-state index contributed by atoms with van der Waals surface area (Å²) < 4.78 is 25.4. The third-order valence-electron chi connectivity index (χ3n) is 1.57. The molecule has 0 aliphatic rings. The third kappa shape index (κ3) is 1.89. The molecule has 0 N–H and O–H groups in total. The maximum atomic E-state index is 12.2. The minimum Gasteiger partial charge on any atom is -0.361 e. The molecule has 1 aromatic rings. The van der Waals surface area contributed by atoms with Crippen molar-refractivity contribution in [2.75, 3.05) is 0 Å². The first-order valence-corrected chi connectivity index (χ1v) is 3.60. The van der Waals surface area contributed by atoms with Crippen LogP contribution in [-0.4, -0.2) is 26.6 Å². The highest BCUT2D eigenvalue weighted by atomic mass is 19.3. The molecule has 0 fully saturated rings. The fraction of sp³-hybridized carbons (Fsp3) is 0.286. The predicted molar refractivity (Wildman–Crippen MR) is 42.2 cm³/mol. The quantitative estimate of drug-likeness (QED) is 0.314. The Bertz CT molecular complexity index is 406. The Morgan fingerprint density at radius 3 is 2.86 bits per heavy atom. The zero-order valence-corrected chi connectivity index (χ0v) is 7.19. The molecule has 0 aliphatic heterocycles. The van der Waals surface area contributed by atoms with Gasteiger partial charge < -0.3 is 5.53 Å². The number of ketones is 1. The number of alkyl halides is 2. The second kappa shape index (κ2) is 3.89. The molecule has 1 rings (SSSR count). The summed E-state index contributed by atoms with van der Waals surface area (Å²) in [5.74, 6) is -0.727. The zero-order chi connectivity index (χ0) is 10.7. The second-order valence-corrected chi connectivity index (χ2v) is 2.49. The van der Waals surface area contributed by atoms with E-state index in [9.17, 15) is 13.6 Å². The molecule has 1 aromatic heterocycles. The number of Topliss-reactive ketones (excluding diaryl/α,β-unsaturated/α-hetero) is 1. The molecule has 0 aliphatic carbocycles. The number of rotatable bonds is 3. The first kappa shape index (κ1) is 10.2. The van der Waals surface area contributed by atoms with Crippen molar-refractivity contribution in [3.63, 3.8) is 0 Å². The van der Waals surface area contributed by atoms with Crippen molar-refractivity contribution in [2.45, 2.75) is 6.43 Å². The van der Waals surface area contributed by atoms with E-state index in [-0.39, 0.29) is 11.4 Å². The van der Waals surface area contributed by atoms with Gasteiger partial charge in [-0.1, -0.05) is 0 Å². The van der Waals surface area contributed by atoms with Crippen LogP contribution < -0.4 is 0 Å². The molecule has 0 radical (unpaired) electrons. The van der Waals surface area contributed by atoms with Gasteiger partial charge in [0.15, 0.2) is 0 Å². The molecule has 14 heavy (non-hydrogen) atoms. The Balaban J connectivity index is 3.08. The van der Waals surface area contributed by atoms with E-state index in [1.54, 1.807) is 0 Å². The number of hydrogen-bond donors (Lipinski definition) is 0. The minimum atomic E-state index is -2.69. The average molecular weight is 200 g/mol. The highest BCUT2D eigenvalue weighted by Crippen LogP contribution is 2.18. The average Bonchev–Trinajstić information content (AvgIpc) is 2.48. The molecule has 0 unspecified atom stereocenters. The van der Waals surface area contributed by atoms with E-state index in [2.05, 4.69) is 9.89 Å². The summed E-state index contributed by atoms with van der Waals surface area (Å²) in [4.78, 5) is 13.5. The molecular formula is C7H6F2N4O. The van der Waals surface area contributed by atoms with Crippen LogP contribution in [0.1, 0.15) is 22.6 Å². The van der Waals surface area contributed by atoms with Gasteiger partial charge >= 0.3 is 6.21 Å². The van der Waals surface area contributed by atoms with Crippen LogP contribution in [0.2, 0.25) is 0 Å². The normalized spacial score (nSPS) is 10.0. The lowest BCUT2D eigenvalue weighted by Crippen LogP contribution is -2.03. The number of nitrogens with zero attached hydrogens (tertiary/aromatic N) is 4. The number of aromatic nitrogens is 2. The van der Waals surface area contributed by atoms with Gasteiger partial charge in [-0.05, 0) is 6.07 Å². The zero-order valence-electron chi connectivity index (χ0n) is 7.19. The van der Waals surface area contributed by atoms with E-state index < -0.39 is 12.2 Å². The van der Waals surface area contributed by atoms with Crippen molar-refractivity contribution in [2.24, 2.45) is 7.05 Å². The molecule has 1 heterocycles. The van der Waals surface area contributed by atoms with E-state index in [1.165, 1.54) is 7.05 Å². The first-order valence-electron chi connectivity index (χ1n) is 3.60. The first-order chi connectivity index (χ1) is 6.56. The van der Waals surface area contributed by atoms with Crippen LogP contribution in [0.3, 0.4) is 0 Å². The molecule has 0 saturated heterocycles. The molecule has 7 heteroatoms. The van der Waals surface area contributed by atoms with Crippen molar-refractivity contribution in [1.29, 1.82) is 0 Å². The van der Waals surface area contributed by atoms with Crippen molar-refractivity contribution >= 4 is 12.0 Å². The Kier molecular flexibility index (Phi) is 2.83. The molecular weight excluding hydrogens is 194 g/mol.